The Morgan fingerprint density at radius 1 is 1.22 bits per heavy atom. The highest BCUT2D eigenvalue weighted by molar-refractivity contribution is 5.88. The monoisotopic (exact) mass is 327 g/mol. The van der Waals surface area contributed by atoms with Crippen LogP contribution < -0.4 is 0 Å². The molecule has 0 aliphatic rings. The van der Waals surface area contributed by atoms with Gasteiger partial charge in [-0.25, -0.2) is 18.4 Å². The Morgan fingerprint density at radius 3 is 2.17 bits per heavy atom. The van der Waals surface area contributed by atoms with E-state index in [2.05, 4.69) is 6.58 Å². The van der Waals surface area contributed by atoms with Crippen molar-refractivity contribution in [1.29, 1.82) is 0 Å². The van der Waals surface area contributed by atoms with E-state index in [1.54, 1.807) is 20.8 Å². The number of aromatic carboxylic acids is 1. The molecule has 1 amide bonds. The first-order valence-electron chi connectivity index (χ1n) is 6.77. The molecule has 1 N–H and O–H groups in total. The first-order chi connectivity index (χ1) is 10.4. The molecule has 126 valence electrons. The summed E-state index contributed by atoms with van der Waals surface area (Å²) in [5.74, 6) is -3.56. The van der Waals surface area contributed by atoms with Crippen LogP contribution in [-0.2, 0) is 4.74 Å². The molecule has 0 aliphatic carbocycles. The minimum Gasteiger partial charge on any atom is -0.478 e. The van der Waals surface area contributed by atoms with Crippen LogP contribution in [-0.4, -0.2) is 41.3 Å². The summed E-state index contributed by atoms with van der Waals surface area (Å²) in [5, 5.41) is 8.75. The number of hydrogen-bond acceptors (Lipinski definition) is 3. The second kappa shape index (κ2) is 6.76. The zero-order chi connectivity index (χ0) is 17.9. The number of amides is 1. The van der Waals surface area contributed by atoms with Gasteiger partial charge in [-0.3, -0.25) is 0 Å². The molecule has 0 bridgehead atoms. The average molecular weight is 327 g/mol. The Bertz CT molecular complexity index is 650. The standard InChI is InChI=1S/C16H19F2NO4/c1-9(8-19(5)15(22)23-16(2,3)4)10-6-13(18)11(14(20)21)7-12(10)17/h6-7H,1,8H2,2-5H3,(H,20,21). The van der Waals surface area contributed by atoms with E-state index in [-0.39, 0.29) is 17.7 Å². The van der Waals surface area contributed by atoms with Crippen LogP contribution in [0.25, 0.3) is 5.57 Å². The van der Waals surface area contributed by atoms with Crippen molar-refractivity contribution >= 4 is 17.6 Å². The quantitative estimate of drug-likeness (QED) is 0.918. The van der Waals surface area contributed by atoms with Crippen LogP contribution in [0.2, 0.25) is 0 Å². The number of carbonyl (C=O) groups is 2. The van der Waals surface area contributed by atoms with Gasteiger partial charge in [0, 0.05) is 19.2 Å². The van der Waals surface area contributed by atoms with Crippen molar-refractivity contribution < 1.29 is 28.2 Å². The van der Waals surface area contributed by atoms with Crippen molar-refractivity contribution in [2.75, 3.05) is 13.6 Å². The molecular weight excluding hydrogens is 308 g/mol. The Labute approximate surface area is 133 Å². The number of benzene rings is 1. The summed E-state index contributed by atoms with van der Waals surface area (Å²) in [4.78, 5) is 23.8. The van der Waals surface area contributed by atoms with Crippen molar-refractivity contribution in [2.24, 2.45) is 0 Å². The smallest absolute Gasteiger partial charge is 0.410 e. The van der Waals surface area contributed by atoms with E-state index in [0.29, 0.717) is 6.07 Å². The summed E-state index contributed by atoms with van der Waals surface area (Å²) in [6, 6.07) is 1.34. The van der Waals surface area contributed by atoms with Gasteiger partial charge in [-0.15, -0.1) is 0 Å². The maximum atomic E-state index is 13.9. The van der Waals surface area contributed by atoms with E-state index in [1.807, 2.05) is 0 Å². The number of hydrogen-bond donors (Lipinski definition) is 1. The van der Waals surface area contributed by atoms with E-state index in [1.165, 1.54) is 7.05 Å². The van der Waals surface area contributed by atoms with Crippen molar-refractivity contribution in [3.63, 3.8) is 0 Å². The molecule has 0 aromatic heterocycles. The van der Waals surface area contributed by atoms with Crippen molar-refractivity contribution in [3.05, 3.63) is 41.5 Å². The lowest BCUT2D eigenvalue weighted by Crippen LogP contribution is -2.35. The number of carbonyl (C=O) groups excluding carboxylic acids is 1. The highest BCUT2D eigenvalue weighted by Crippen LogP contribution is 2.22. The van der Waals surface area contributed by atoms with Crippen LogP contribution in [0, 0.1) is 11.6 Å². The molecule has 0 unspecified atom stereocenters. The molecular formula is C16H19F2NO4. The predicted molar refractivity (Wildman–Crippen MR) is 81.2 cm³/mol. The van der Waals surface area contributed by atoms with Gasteiger partial charge >= 0.3 is 12.1 Å². The molecule has 0 radical (unpaired) electrons. The first kappa shape index (κ1) is 18.6. The molecule has 1 aromatic carbocycles. The van der Waals surface area contributed by atoms with Crippen molar-refractivity contribution in [2.45, 2.75) is 26.4 Å². The second-order valence-corrected chi connectivity index (χ2v) is 6.06. The highest BCUT2D eigenvalue weighted by Gasteiger charge is 2.22. The van der Waals surface area contributed by atoms with Gasteiger partial charge < -0.3 is 14.7 Å². The molecule has 0 heterocycles. The Morgan fingerprint density at radius 2 is 1.70 bits per heavy atom. The van der Waals surface area contributed by atoms with Gasteiger partial charge in [0.25, 0.3) is 0 Å². The Balaban J connectivity index is 2.92. The molecule has 5 nitrogen and oxygen atoms in total. The van der Waals surface area contributed by atoms with E-state index in [9.17, 15) is 18.4 Å². The van der Waals surface area contributed by atoms with Gasteiger partial charge in [0.1, 0.15) is 17.2 Å². The Hall–Kier alpha value is -2.44. The van der Waals surface area contributed by atoms with E-state index in [0.717, 1.165) is 11.0 Å². The third-order valence-corrected chi connectivity index (χ3v) is 2.80. The summed E-state index contributed by atoms with van der Waals surface area (Å²) >= 11 is 0. The van der Waals surface area contributed by atoms with E-state index >= 15 is 0 Å². The number of carboxylic acids is 1. The largest absolute Gasteiger partial charge is 0.478 e. The normalized spacial score (nSPS) is 11.0. The number of ether oxygens (including phenoxy) is 1. The number of carboxylic acid groups (broad SMARTS) is 1. The van der Waals surface area contributed by atoms with Gasteiger partial charge in [0.2, 0.25) is 0 Å². The SMILES string of the molecule is C=C(CN(C)C(=O)OC(C)(C)C)c1cc(F)c(C(=O)O)cc1F. The van der Waals surface area contributed by atoms with Crippen LogP contribution in [0.1, 0.15) is 36.7 Å². The number of halogens is 2. The maximum Gasteiger partial charge on any atom is 0.410 e. The number of rotatable bonds is 4. The topological polar surface area (TPSA) is 66.8 Å². The van der Waals surface area contributed by atoms with Gasteiger partial charge in [0.15, 0.2) is 0 Å². The van der Waals surface area contributed by atoms with Crippen LogP contribution in [0.4, 0.5) is 13.6 Å². The van der Waals surface area contributed by atoms with Crippen LogP contribution in [0.15, 0.2) is 18.7 Å². The van der Waals surface area contributed by atoms with Crippen LogP contribution in [0.5, 0.6) is 0 Å². The zero-order valence-electron chi connectivity index (χ0n) is 13.4. The van der Waals surface area contributed by atoms with Gasteiger partial charge in [0.05, 0.1) is 5.56 Å². The molecule has 1 rings (SSSR count). The fraction of sp³-hybridized carbons (Fsp3) is 0.375. The summed E-state index contributed by atoms with van der Waals surface area (Å²) in [6.07, 6.45) is -0.637. The van der Waals surface area contributed by atoms with E-state index in [4.69, 9.17) is 9.84 Å². The van der Waals surface area contributed by atoms with Crippen molar-refractivity contribution in [3.8, 4) is 0 Å². The van der Waals surface area contributed by atoms with Crippen LogP contribution >= 0.6 is 0 Å². The molecule has 7 heteroatoms. The lowest BCUT2D eigenvalue weighted by molar-refractivity contribution is 0.0320. The molecule has 0 saturated heterocycles. The van der Waals surface area contributed by atoms with Crippen LogP contribution in [0.3, 0.4) is 0 Å². The summed E-state index contributed by atoms with van der Waals surface area (Å²) in [7, 11) is 1.43. The van der Waals surface area contributed by atoms with Gasteiger partial charge in [-0.1, -0.05) is 6.58 Å². The molecule has 1 aromatic rings. The molecule has 0 atom stereocenters. The fourth-order valence-corrected chi connectivity index (χ4v) is 1.76. The second-order valence-electron chi connectivity index (χ2n) is 6.06. The van der Waals surface area contributed by atoms with Gasteiger partial charge in [-0.05, 0) is 38.5 Å². The predicted octanol–water partition coefficient (Wildman–Crippen LogP) is 3.54. The number of likely N-dealkylation sites (N-methyl/N-ethyl adjacent to an activating group) is 1. The molecule has 0 saturated carbocycles. The summed E-state index contributed by atoms with van der Waals surface area (Å²) in [6.45, 7) is 8.62. The zero-order valence-corrected chi connectivity index (χ0v) is 13.4. The summed E-state index contributed by atoms with van der Waals surface area (Å²) < 4.78 is 32.7. The van der Waals surface area contributed by atoms with E-state index < -0.39 is 34.9 Å². The first-order valence-corrected chi connectivity index (χ1v) is 6.77. The Kier molecular flexibility index (Phi) is 5.47. The lowest BCUT2D eigenvalue weighted by Gasteiger charge is -2.25. The minimum atomic E-state index is -1.57. The fourth-order valence-electron chi connectivity index (χ4n) is 1.76. The third-order valence-electron chi connectivity index (χ3n) is 2.80. The maximum absolute atomic E-state index is 13.9. The van der Waals surface area contributed by atoms with Crippen molar-refractivity contribution in [1.82, 2.24) is 4.90 Å². The minimum absolute atomic E-state index is 0.0995. The molecule has 0 fully saturated rings. The summed E-state index contributed by atoms with van der Waals surface area (Å²) in [5.41, 5.74) is -1.53. The molecule has 0 spiro atoms. The number of nitrogens with zero attached hydrogens (tertiary/aromatic N) is 1. The molecule has 0 aliphatic heterocycles. The lowest BCUT2D eigenvalue weighted by atomic mass is 10.0. The molecule has 23 heavy (non-hydrogen) atoms. The van der Waals surface area contributed by atoms with Gasteiger partial charge in [-0.2, -0.15) is 0 Å². The third kappa shape index (κ3) is 5.05. The average Bonchev–Trinajstić information content (AvgIpc) is 2.38. The highest BCUT2D eigenvalue weighted by atomic mass is 19.1.